The largest absolute Gasteiger partial charge is 0.462 e. The molecule has 1 aromatic carbocycles. The third kappa shape index (κ3) is 2.96. The summed E-state index contributed by atoms with van der Waals surface area (Å²) in [6.07, 6.45) is 1.67. The summed E-state index contributed by atoms with van der Waals surface area (Å²) in [6, 6.07) is 11.5. The summed E-state index contributed by atoms with van der Waals surface area (Å²) in [5.74, 6) is 1.38. The zero-order valence-corrected chi connectivity index (χ0v) is 13.7. The summed E-state index contributed by atoms with van der Waals surface area (Å²) in [4.78, 5) is 15.0. The highest BCUT2D eigenvalue weighted by molar-refractivity contribution is 7.71. The van der Waals surface area contributed by atoms with Gasteiger partial charge >= 0.3 is 0 Å². The molecule has 5 heteroatoms. The van der Waals surface area contributed by atoms with Crippen molar-refractivity contribution in [3.05, 3.63) is 79.2 Å². The van der Waals surface area contributed by atoms with Crippen molar-refractivity contribution in [2.75, 3.05) is 0 Å². The van der Waals surface area contributed by atoms with Gasteiger partial charge in [0.1, 0.15) is 11.5 Å². The predicted molar refractivity (Wildman–Crippen MR) is 93.7 cm³/mol. The fourth-order valence-corrected chi connectivity index (χ4v) is 2.69. The smallest absolute Gasteiger partial charge is 0.259 e. The van der Waals surface area contributed by atoms with E-state index in [2.05, 4.69) is 11.6 Å². The molecular formula is C18H16N2O2S. The zero-order chi connectivity index (χ0) is 16.6. The summed E-state index contributed by atoms with van der Waals surface area (Å²) in [6.45, 7) is 7.91. The van der Waals surface area contributed by atoms with Gasteiger partial charge in [0.05, 0.1) is 10.6 Å². The molecule has 23 heavy (non-hydrogen) atoms. The standard InChI is InChI=1S/C18H16N2O2S/c1-11-4-7-14(8-5-11)20-13(3)16(17(21)19-18(20)23)10-15-9-6-12(2)22-15/h4-10H,3H2,1-2H3,(H,19,21,23)/b16-10-. The maximum absolute atomic E-state index is 12.3. The molecule has 1 N–H and O–H groups in total. The van der Waals surface area contributed by atoms with Gasteiger partial charge in [-0.25, -0.2) is 0 Å². The van der Waals surface area contributed by atoms with Crippen LogP contribution >= 0.6 is 12.2 Å². The van der Waals surface area contributed by atoms with Crippen LogP contribution in [-0.2, 0) is 0 Å². The van der Waals surface area contributed by atoms with Gasteiger partial charge in [0.25, 0.3) is 5.56 Å². The van der Waals surface area contributed by atoms with Crippen molar-refractivity contribution in [1.82, 2.24) is 9.55 Å². The van der Waals surface area contributed by atoms with Crippen LogP contribution in [0.25, 0.3) is 18.3 Å². The molecule has 0 unspecified atom stereocenters. The Balaban J connectivity index is 2.31. The Labute approximate surface area is 138 Å². The number of nitrogens with one attached hydrogen (secondary N) is 1. The topological polar surface area (TPSA) is 50.9 Å². The van der Waals surface area contributed by atoms with Gasteiger partial charge in [-0.1, -0.05) is 24.3 Å². The predicted octanol–water partition coefficient (Wildman–Crippen LogP) is 2.34. The van der Waals surface area contributed by atoms with Crippen LogP contribution in [-0.4, -0.2) is 9.55 Å². The summed E-state index contributed by atoms with van der Waals surface area (Å²) in [7, 11) is 0. The van der Waals surface area contributed by atoms with E-state index < -0.39 is 0 Å². The van der Waals surface area contributed by atoms with Crippen LogP contribution in [0.3, 0.4) is 0 Å². The average Bonchev–Trinajstić information content (AvgIpc) is 2.91. The molecule has 0 aliphatic heterocycles. The van der Waals surface area contributed by atoms with Crippen molar-refractivity contribution in [2.45, 2.75) is 13.8 Å². The first-order valence-electron chi connectivity index (χ1n) is 7.15. The average molecular weight is 324 g/mol. The highest BCUT2D eigenvalue weighted by Crippen LogP contribution is 2.07. The van der Waals surface area contributed by atoms with Crippen molar-refractivity contribution in [1.29, 1.82) is 0 Å². The normalized spacial score (nSPS) is 11.8. The Morgan fingerprint density at radius 1 is 1.17 bits per heavy atom. The molecule has 3 aromatic rings. The van der Waals surface area contributed by atoms with Gasteiger partial charge in [0.15, 0.2) is 4.77 Å². The third-order valence-electron chi connectivity index (χ3n) is 3.59. The van der Waals surface area contributed by atoms with Gasteiger partial charge in [-0.05, 0) is 56.4 Å². The highest BCUT2D eigenvalue weighted by Gasteiger charge is 2.04. The quantitative estimate of drug-likeness (QED) is 0.736. The van der Waals surface area contributed by atoms with Gasteiger partial charge in [-0.15, -0.1) is 0 Å². The first-order chi connectivity index (χ1) is 11.0. The monoisotopic (exact) mass is 324 g/mol. The number of furan rings is 1. The van der Waals surface area contributed by atoms with Crippen LogP contribution in [0.5, 0.6) is 0 Å². The van der Waals surface area contributed by atoms with Gasteiger partial charge < -0.3 is 4.42 Å². The van der Waals surface area contributed by atoms with Crippen LogP contribution in [0.4, 0.5) is 0 Å². The fourth-order valence-electron chi connectivity index (χ4n) is 2.38. The zero-order valence-electron chi connectivity index (χ0n) is 12.9. The van der Waals surface area contributed by atoms with E-state index in [1.807, 2.05) is 50.2 Å². The molecule has 2 aromatic heterocycles. The Hall–Kier alpha value is -2.66. The second-order valence-electron chi connectivity index (χ2n) is 5.38. The second-order valence-corrected chi connectivity index (χ2v) is 5.77. The van der Waals surface area contributed by atoms with Crippen molar-refractivity contribution < 1.29 is 4.42 Å². The SMILES string of the molecule is C=c1/c(=C/c2ccc(C)o2)c(=O)[nH]c(=S)n1-c1ccc(C)cc1. The van der Waals surface area contributed by atoms with Crippen LogP contribution < -0.4 is 16.1 Å². The summed E-state index contributed by atoms with van der Waals surface area (Å²) in [5, 5.41) is 0.949. The highest BCUT2D eigenvalue weighted by atomic mass is 32.1. The third-order valence-corrected chi connectivity index (χ3v) is 3.87. The Bertz CT molecular complexity index is 1090. The van der Waals surface area contributed by atoms with Crippen LogP contribution in [0, 0.1) is 18.6 Å². The molecular weight excluding hydrogens is 308 g/mol. The van der Waals surface area contributed by atoms with Crippen LogP contribution in [0.15, 0.2) is 45.6 Å². The minimum absolute atomic E-state index is 0.280. The number of rotatable bonds is 2. The number of nitrogens with zero attached hydrogens (tertiary/aromatic N) is 1. The van der Waals surface area contributed by atoms with Crippen LogP contribution in [0.1, 0.15) is 17.1 Å². The molecule has 4 nitrogen and oxygen atoms in total. The van der Waals surface area contributed by atoms with E-state index in [1.165, 1.54) is 0 Å². The fraction of sp³-hybridized carbons (Fsp3) is 0.111. The lowest BCUT2D eigenvalue weighted by Gasteiger charge is -2.08. The number of benzene rings is 1. The Morgan fingerprint density at radius 3 is 2.48 bits per heavy atom. The van der Waals surface area contributed by atoms with Gasteiger partial charge in [0, 0.05) is 5.69 Å². The Kier molecular flexibility index (Phi) is 3.88. The molecule has 2 heterocycles. The Morgan fingerprint density at radius 2 is 1.87 bits per heavy atom. The van der Waals surface area contributed by atoms with E-state index in [1.54, 1.807) is 10.6 Å². The lowest BCUT2D eigenvalue weighted by Crippen LogP contribution is -2.46. The maximum Gasteiger partial charge on any atom is 0.259 e. The first kappa shape index (κ1) is 15.2. The molecule has 0 saturated carbocycles. The van der Waals surface area contributed by atoms with E-state index in [9.17, 15) is 4.79 Å². The molecule has 3 rings (SSSR count). The first-order valence-corrected chi connectivity index (χ1v) is 7.56. The lowest BCUT2D eigenvalue weighted by molar-refractivity contribution is 0.524. The number of aryl methyl sites for hydroxylation is 2. The number of H-pyrrole nitrogens is 1. The molecule has 0 spiro atoms. The van der Waals surface area contributed by atoms with E-state index in [0.29, 0.717) is 21.1 Å². The van der Waals surface area contributed by atoms with E-state index >= 15 is 0 Å². The lowest BCUT2D eigenvalue weighted by atomic mass is 10.2. The van der Waals surface area contributed by atoms with Gasteiger partial charge in [-0.2, -0.15) is 0 Å². The van der Waals surface area contributed by atoms with E-state index in [-0.39, 0.29) is 5.56 Å². The van der Waals surface area contributed by atoms with Crippen molar-refractivity contribution in [3.8, 4) is 5.69 Å². The summed E-state index contributed by atoms with van der Waals surface area (Å²) >= 11 is 5.30. The summed E-state index contributed by atoms with van der Waals surface area (Å²) in [5.41, 5.74) is 1.72. The second kappa shape index (κ2) is 5.85. The molecule has 0 aliphatic carbocycles. The minimum Gasteiger partial charge on any atom is -0.462 e. The van der Waals surface area contributed by atoms with Gasteiger partial charge in [-0.3, -0.25) is 14.3 Å². The molecule has 0 atom stereocenters. The molecule has 0 aliphatic rings. The molecule has 0 radical (unpaired) electrons. The number of aromatic amines is 1. The van der Waals surface area contributed by atoms with E-state index in [0.717, 1.165) is 17.0 Å². The van der Waals surface area contributed by atoms with Crippen molar-refractivity contribution in [2.24, 2.45) is 0 Å². The maximum atomic E-state index is 12.3. The molecule has 116 valence electrons. The molecule has 0 fully saturated rings. The summed E-state index contributed by atoms with van der Waals surface area (Å²) < 4.78 is 7.58. The molecule has 0 amide bonds. The molecule has 0 bridgehead atoms. The molecule has 0 saturated heterocycles. The van der Waals surface area contributed by atoms with E-state index in [4.69, 9.17) is 16.6 Å². The number of aromatic nitrogens is 2. The number of hydrogen-bond donors (Lipinski definition) is 1. The van der Waals surface area contributed by atoms with Crippen molar-refractivity contribution in [3.63, 3.8) is 0 Å². The minimum atomic E-state index is -0.280. The van der Waals surface area contributed by atoms with Crippen molar-refractivity contribution >= 4 is 24.9 Å². The number of hydrogen-bond acceptors (Lipinski definition) is 3. The van der Waals surface area contributed by atoms with Crippen LogP contribution in [0.2, 0.25) is 0 Å². The van der Waals surface area contributed by atoms with Gasteiger partial charge in [0.2, 0.25) is 0 Å².